The molecule has 9 heteroatoms. The topological polar surface area (TPSA) is 91.6 Å². The largest absolute Gasteiger partial charge is 0.478 e. The Morgan fingerprint density at radius 2 is 1.77 bits per heavy atom. The highest BCUT2D eigenvalue weighted by Crippen LogP contribution is 2.28. The Labute approximate surface area is 187 Å². The number of halogens is 2. The molecule has 0 saturated heterocycles. The number of carboxylic acids is 1. The van der Waals surface area contributed by atoms with Gasteiger partial charge in [-0.1, -0.05) is 29.3 Å². The number of thiocarbonyl (C=S) groups is 1. The van der Waals surface area contributed by atoms with Crippen LogP contribution in [0.4, 0.5) is 5.69 Å². The van der Waals surface area contributed by atoms with Gasteiger partial charge >= 0.3 is 5.97 Å². The first-order valence-electron chi connectivity index (χ1n) is 8.50. The Morgan fingerprint density at radius 1 is 1.03 bits per heavy atom. The molecule has 0 radical (unpaired) electrons. The van der Waals surface area contributed by atoms with E-state index in [0.29, 0.717) is 32.8 Å². The number of nitrogens with one attached hydrogen (secondary N) is 2. The Kier molecular flexibility index (Phi) is 6.89. The molecule has 152 valence electrons. The van der Waals surface area contributed by atoms with Gasteiger partial charge in [0.15, 0.2) is 5.11 Å². The molecule has 0 aliphatic heterocycles. The molecule has 0 spiro atoms. The predicted octanol–water partition coefficient (Wildman–Crippen LogP) is 5.48. The van der Waals surface area contributed by atoms with Gasteiger partial charge in [-0.3, -0.25) is 10.1 Å². The monoisotopic (exact) mass is 460 g/mol. The van der Waals surface area contributed by atoms with Gasteiger partial charge in [0.2, 0.25) is 5.91 Å². The van der Waals surface area contributed by atoms with Gasteiger partial charge in [0.05, 0.1) is 5.56 Å². The Bertz CT molecular complexity index is 1140. The van der Waals surface area contributed by atoms with Crippen LogP contribution in [0.3, 0.4) is 0 Å². The molecule has 0 unspecified atom stereocenters. The van der Waals surface area contributed by atoms with Crippen LogP contribution in [-0.2, 0) is 4.79 Å². The lowest BCUT2D eigenvalue weighted by Gasteiger charge is -2.08. The summed E-state index contributed by atoms with van der Waals surface area (Å²) in [6.45, 7) is 0. The standard InChI is InChI=1S/C21H14Cl2N2O4S/c22-14-8-13(9-15(23)11-14)18-6-4-17(29-18)5-7-19(26)25-21(30)24-16-3-1-2-12(10-16)20(27)28/h1-11H,(H,27,28)(H2,24,25,26,30)/b7-5+. The van der Waals surface area contributed by atoms with E-state index in [1.165, 1.54) is 24.3 Å². The van der Waals surface area contributed by atoms with Crippen molar-refractivity contribution >= 4 is 64.2 Å². The molecule has 1 amide bonds. The average Bonchev–Trinajstić information content (AvgIpc) is 3.15. The first-order chi connectivity index (χ1) is 14.3. The molecule has 0 saturated carbocycles. The van der Waals surface area contributed by atoms with Gasteiger partial charge in [-0.2, -0.15) is 0 Å². The Balaban J connectivity index is 1.59. The number of aromatic carboxylic acids is 1. The molecule has 3 aromatic rings. The highest BCUT2D eigenvalue weighted by molar-refractivity contribution is 7.80. The molecule has 1 aromatic heterocycles. The number of hydrogen-bond acceptors (Lipinski definition) is 4. The quantitative estimate of drug-likeness (QED) is 0.345. The Morgan fingerprint density at radius 3 is 2.47 bits per heavy atom. The first kappa shape index (κ1) is 21.6. The second-order valence-electron chi connectivity index (χ2n) is 6.02. The molecule has 30 heavy (non-hydrogen) atoms. The van der Waals surface area contributed by atoms with Crippen LogP contribution >= 0.6 is 35.4 Å². The highest BCUT2D eigenvalue weighted by atomic mass is 35.5. The number of hydrogen-bond donors (Lipinski definition) is 3. The molecule has 0 aliphatic rings. The maximum atomic E-state index is 12.1. The number of carbonyl (C=O) groups is 2. The van der Waals surface area contributed by atoms with Crippen molar-refractivity contribution in [1.29, 1.82) is 0 Å². The number of benzene rings is 2. The first-order valence-corrected chi connectivity index (χ1v) is 9.66. The van der Waals surface area contributed by atoms with Gasteiger partial charge in [0, 0.05) is 27.4 Å². The van der Waals surface area contributed by atoms with Crippen LogP contribution in [0.15, 0.2) is 65.1 Å². The summed E-state index contributed by atoms with van der Waals surface area (Å²) in [6.07, 6.45) is 2.74. The Hall–Kier alpha value is -3.13. The normalized spacial score (nSPS) is 10.7. The maximum Gasteiger partial charge on any atom is 0.335 e. The fourth-order valence-electron chi connectivity index (χ4n) is 2.50. The number of rotatable bonds is 5. The summed E-state index contributed by atoms with van der Waals surface area (Å²) in [5, 5.41) is 15.2. The maximum absolute atomic E-state index is 12.1. The van der Waals surface area contributed by atoms with Gasteiger partial charge < -0.3 is 14.8 Å². The third-order valence-corrected chi connectivity index (χ3v) is 4.42. The van der Waals surface area contributed by atoms with Crippen LogP contribution in [0.1, 0.15) is 16.1 Å². The lowest BCUT2D eigenvalue weighted by atomic mass is 10.2. The van der Waals surface area contributed by atoms with Crippen LogP contribution in [-0.4, -0.2) is 22.1 Å². The lowest BCUT2D eigenvalue weighted by molar-refractivity contribution is -0.115. The zero-order chi connectivity index (χ0) is 21.7. The number of carboxylic acid groups (broad SMARTS) is 1. The van der Waals surface area contributed by atoms with E-state index < -0.39 is 11.9 Å². The van der Waals surface area contributed by atoms with Crippen molar-refractivity contribution in [1.82, 2.24) is 5.32 Å². The van der Waals surface area contributed by atoms with Gasteiger partial charge in [0.25, 0.3) is 0 Å². The predicted molar refractivity (Wildman–Crippen MR) is 121 cm³/mol. The summed E-state index contributed by atoms with van der Waals surface area (Å²) in [7, 11) is 0. The molecule has 0 fully saturated rings. The van der Waals surface area contributed by atoms with Crippen LogP contribution in [0.25, 0.3) is 17.4 Å². The van der Waals surface area contributed by atoms with Crippen molar-refractivity contribution in [2.75, 3.05) is 5.32 Å². The van der Waals surface area contributed by atoms with E-state index in [2.05, 4.69) is 10.6 Å². The minimum Gasteiger partial charge on any atom is -0.478 e. The summed E-state index contributed by atoms with van der Waals surface area (Å²) in [5.41, 5.74) is 1.26. The second-order valence-corrected chi connectivity index (χ2v) is 7.30. The summed E-state index contributed by atoms with van der Waals surface area (Å²) in [6, 6.07) is 14.5. The zero-order valence-electron chi connectivity index (χ0n) is 15.2. The summed E-state index contributed by atoms with van der Waals surface area (Å²) in [4.78, 5) is 23.1. The number of amides is 1. The van der Waals surface area contributed by atoms with Gasteiger partial charge in [-0.15, -0.1) is 0 Å². The van der Waals surface area contributed by atoms with Crippen LogP contribution < -0.4 is 10.6 Å². The lowest BCUT2D eigenvalue weighted by Crippen LogP contribution is -2.32. The molecular formula is C21H14Cl2N2O4S. The molecule has 0 bridgehead atoms. The summed E-state index contributed by atoms with van der Waals surface area (Å²) in [5.74, 6) is -0.542. The number of carbonyl (C=O) groups excluding carboxylic acids is 1. The number of anilines is 1. The van der Waals surface area contributed by atoms with Gasteiger partial charge in [-0.25, -0.2) is 4.79 Å². The molecule has 0 atom stereocenters. The van der Waals surface area contributed by atoms with E-state index in [0.717, 1.165) is 0 Å². The minimum absolute atomic E-state index is 0.0286. The smallest absolute Gasteiger partial charge is 0.335 e. The summed E-state index contributed by atoms with van der Waals surface area (Å²) >= 11 is 17.1. The van der Waals surface area contributed by atoms with E-state index in [1.807, 2.05) is 0 Å². The van der Waals surface area contributed by atoms with Gasteiger partial charge in [-0.05, 0) is 66.8 Å². The average molecular weight is 461 g/mol. The van der Waals surface area contributed by atoms with E-state index in [-0.39, 0.29) is 10.7 Å². The fourth-order valence-corrected chi connectivity index (χ4v) is 3.24. The molecule has 6 nitrogen and oxygen atoms in total. The third-order valence-electron chi connectivity index (χ3n) is 3.78. The highest BCUT2D eigenvalue weighted by Gasteiger charge is 2.08. The van der Waals surface area contributed by atoms with Crippen molar-refractivity contribution in [3.8, 4) is 11.3 Å². The van der Waals surface area contributed by atoms with E-state index in [4.69, 9.17) is 44.9 Å². The van der Waals surface area contributed by atoms with E-state index in [1.54, 1.807) is 42.5 Å². The van der Waals surface area contributed by atoms with Crippen molar-refractivity contribution in [3.63, 3.8) is 0 Å². The molecular weight excluding hydrogens is 447 g/mol. The van der Waals surface area contributed by atoms with Crippen molar-refractivity contribution in [2.45, 2.75) is 0 Å². The zero-order valence-corrected chi connectivity index (χ0v) is 17.5. The van der Waals surface area contributed by atoms with Crippen LogP contribution in [0, 0.1) is 0 Å². The van der Waals surface area contributed by atoms with Gasteiger partial charge in [0.1, 0.15) is 11.5 Å². The van der Waals surface area contributed by atoms with Crippen LogP contribution in [0.2, 0.25) is 10.0 Å². The van der Waals surface area contributed by atoms with Crippen molar-refractivity contribution in [2.24, 2.45) is 0 Å². The molecule has 1 heterocycles. The van der Waals surface area contributed by atoms with E-state index in [9.17, 15) is 9.59 Å². The molecule has 0 aliphatic carbocycles. The van der Waals surface area contributed by atoms with Crippen molar-refractivity contribution in [3.05, 3.63) is 82.0 Å². The molecule has 3 rings (SSSR count). The molecule has 2 aromatic carbocycles. The van der Waals surface area contributed by atoms with Crippen LogP contribution in [0.5, 0.6) is 0 Å². The van der Waals surface area contributed by atoms with Crippen molar-refractivity contribution < 1.29 is 19.1 Å². The second kappa shape index (κ2) is 9.58. The fraction of sp³-hybridized carbons (Fsp3) is 0. The minimum atomic E-state index is -1.06. The van der Waals surface area contributed by atoms with E-state index >= 15 is 0 Å². The molecule has 3 N–H and O–H groups in total. The number of furan rings is 1. The third kappa shape index (κ3) is 5.93. The summed E-state index contributed by atoms with van der Waals surface area (Å²) < 4.78 is 5.68. The SMILES string of the molecule is O=C(/C=C/c1ccc(-c2cc(Cl)cc(Cl)c2)o1)NC(=S)Nc1cccc(C(=O)O)c1.